The summed E-state index contributed by atoms with van der Waals surface area (Å²) in [5.74, 6) is 0.0173. The van der Waals surface area contributed by atoms with E-state index in [0.717, 1.165) is 0 Å². The van der Waals surface area contributed by atoms with E-state index >= 15 is 0 Å². The van der Waals surface area contributed by atoms with E-state index in [1.165, 1.54) is 0 Å². The number of halogens is 2. The summed E-state index contributed by atoms with van der Waals surface area (Å²) in [6.45, 7) is -0.202. The van der Waals surface area contributed by atoms with E-state index in [4.69, 9.17) is 16.3 Å². The SMILES string of the molecule is O=Cc1cccc(Br)c1OCC(=O)Nc1ccc(Cl)cc1. The van der Waals surface area contributed by atoms with Gasteiger partial charge < -0.3 is 10.1 Å². The molecule has 0 saturated carbocycles. The van der Waals surface area contributed by atoms with Crippen LogP contribution in [0.15, 0.2) is 46.9 Å². The Balaban J connectivity index is 1.98. The van der Waals surface area contributed by atoms with Crippen molar-refractivity contribution in [3.8, 4) is 5.75 Å². The average molecular weight is 369 g/mol. The standard InChI is InChI=1S/C15H11BrClNO3/c16-13-3-1-2-10(8-19)15(13)21-9-14(20)18-12-6-4-11(17)5-7-12/h1-8H,9H2,(H,18,20). The Bertz CT molecular complexity index is 658. The average Bonchev–Trinajstić information content (AvgIpc) is 2.48. The summed E-state index contributed by atoms with van der Waals surface area (Å²) < 4.78 is 6.02. The first-order valence-electron chi connectivity index (χ1n) is 6.02. The van der Waals surface area contributed by atoms with Crippen LogP contribution < -0.4 is 10.1 Å². The van der Waals surface area contributed by atoms with Gasteiger partial charge in [0.25, 0.3) is 5.91 Å². The first-order valence-corrected chi connectivity index (χ1v) is 7.19. The van der Waals surface area contributed by atoms with Gasteiger partial charge in [-0.1, -0.05) is 17.7 Å². The monoisotopic (exact) mass is 367 g/mol. The lowest BCUT2D eigenvalue weighted by atomic mass is 10.2. The minimum Gasteiger partial charge on any atom is -0.482 e. The summed E-state index contributed by atoms with van der Waals surface area (Å²) in [6, 6.07) is 11.8. The van der Waals surface area contributed by atoms with Crippen molar-refractivity contribution in [2.24, 2.45) is 0 Å². The summed E-state index contributed by atoms with van der Waals surface area (Å²) in [6.07, 6.45) is 0.678. The fourth-order valence-corrected chi connectivity index (χ4v) is 2.26. The van der Waals surface area contributed by atoms with E-state index in [-0.39, 0.29) is 12.5 Å². The first-order chi connectivity index (χ1) is 10.1. The number of rotatable bonds is 5. The van der Waals surface area contributed by atoms with Gasteiger partial charge in [0.1, 0.15) is 5.75 Å². The first kappa shape index (κ1) is 15.5. The molecule has 0 unspecified atom stereocenters. The van der Waals surface area contributed by atoms with E-state index in [2.05, 4.69) is 21.2 Å². The summed E-state index contributed by atoms with van der Waals surface area (Å²) in [5, 5.41) is 3.26. The molecular weight excluding hydrogens is 358 g/mol. The molecule has 1 amide bonds. The largest absolute Gasteiger partial charge is 0.482 e. The molecule has 0 saturated heterocycles. The molecule has 2 aromatic rings. The molecule has 2 rings (SSSR count). The quantitative estimate of drug-likeness (QED) is 0.814. The molecule has 108 valence electrons. The molecule has 2 aromatic carbocycles. The van der Waals surface area contributed by atoms with Crippen LogP contribution >= 0.6 is 27.5 Å². The molecule has 6 heteroatoms. The molecule has 0 aliphatic rings. The molecule has 0 spiro atoms. The lowest BCUT2D eigenvalue weighted by molar-refractivity contribution is -0.118. The third-order valence-corrected chi connectivity index (χ3v) is 3.48. The fraction of sp³-hybridized carbons (Fsp3) is 0.0667. The zero-order valence-corrected chi connectivity index (χ0v) is 13.1. The lowest BCUT2D eigenvalue weighted by Crippen LogP contribution is -2.20. The number of amides is 1. The number of hydrogen-bond donors (Lipinski definition) is 1. The Morgan fingerprint density at radius 2 is 1.95 bits per heavy atom. The van der Waals surface area contributed by atoms with Gasteiger partial charge in [0.15, 0.2) is 12.9 Å². The number of ether oxygens (including phenoxy) is 1. The predicted molar refractivity (Wildman–Crippen MR) is 85.1 cm³/mol. The minimum atomic E-state index is -0.329. The maximum Gasteiger partial charge on any atom is 0.262 e. The molecule has 0 aromatic heterocycles. The third-order valence-electron chi connectivity index (χ3n) is 2.60. The van der Waals surface area contributed by atoms with Crippen molar-refractivity contribution < 1.29 is 14.3 Å². The van der Waals surface area contributed by atoms with E-state index in [9.17, 15) is 9.59 Å². The second-order valence-electron chi connectivity index (χ2n) is 4.12. The van der Waals surface area contributed by atoms with Crippen molar-refractivity contribution in [3.63, 3.8) is 0 Å². The summed E-state index contributed by atoms with van der Waals surface area (Å²) in [4.78, 5) is 22.7. The van der Waals surface area contributed by atoms with Gasteiger partial charge in [-0.3, -0.25) is 9.59 Å². The molecule has 0 aliphatic carbocycles. The van der Waals surface area contributed by atoms with Crippen LogP contribution in [0.4, 0.5) is 5.69 Å². The molecular formula is C15H11BrClNO3. The molecule has 0 bridgehead atoms. The van der Waals surface area contributed by atoms with E-state index < -0.39 is 0 Å². The Hall–Kier alpha value is -1.85. The molecule has 0 heterocycles. The maximum absolute atomic E-state index is 11.8. The smallest absolute Gasteiger partial charge is 0.262 e. The van der Waals surface area contributed by atoms with Crippen LogP contribution in [0.2, 0.25) is 5.02 Å². The molecule has 21 heavy (non-hydrogen) atoms. The zero-order chi connectivity index (χ0) is 15.2. The van der Waals surface area contributed by atoms with Crippen LogP contribution in [0.3, 0.4) is 0 Å². The highest BCUT2D eigenvalue weighted by Crippen LogP contribution is 2.27. The second kappa shape index (κ2) is 7.24. The zero-order valence-electron chi connectivity index (χ0n) is 10.8. The normalized spacial score (nSPS) is 10.0. The number of anilines is 1. The number of carbonyl (C=O) groups is 2. The van der Waals surface area contributed by atoms with Crippen LogP contribution in [-0.4, -0.2) is 18.8 Å². The highest BCUT2D eigenvalue weighted by atomic mass is 79.9. The molecule has 0 radical (unpaired) electrons. The van der Waals surface area contributed by atoms with Crippen LogP contribution in [0.5, 0.6) is 5.75 Å². The van der Waals surface area contributed by atoms with E-state index in [1.807, 2.05) is 0 Å². The van der Waals surface area contributed by atoms with Gasteiger partial charge in [-0.15, -0.1) is 0 Å². The van der Waals surface area contributed by atoms with E-state index in [1.54, 1.807) is 42.5 Å². The van der Waals surface area contributed by atoms with Gasteiger partial charge in [-0.2, -0.15) is 0 Å². The minimum absolute atomic E-state index is 0.202. The van der Waals surface area contributed by atoms with Crippen molar-refractivity contribution in [1.82, 2.24) is 0 Å². The van der Waals surface area contributed by atoms with Crippen LogP contribution in [0, 0.1) is 0 Å². The number of nitrogens with one attached hydrogen (secondary N) is 1. The van der Waals surface area contributed by atoms with Crippen LogP contribution in [0.25, 0.3) is 0 Å². The molecule has 0 aliphatic heterocycles. The van der Waals surface area contributed by atoms with Gasteiger partial charge in [0, 0.05) is 10.7 Å². The Morgan fingerprint density at radius 3 is 2.62 bits per heavy atom. The van der Waals surface area contributed by atoms with Crippen LogP contribution in [-0.2, 0) is 4.79 Å². The summed E-state index contributed by atoms with van der Waals surface area (Å²) in [5.41, 5.74) is 0.999. The Labute approximate surface area is 135 Å². The van der Waals surface area contributed by atoms with Gasteiger partial charge in [-0.05, 0) is 52.3 Å². The van der Waals surface area contributed by atoms with Crippen molar-refractivity contribution in [2.75, 3.05) is 11.9 Å². The third kappa shape index (κ3) is 4.31. The fourth-order valence-electron chi connectivity index (χ4n) is 1.64. The number of hydrogen-bond acceptors (Lipinski definition) is 3. The highest BCUT2D eigenvalue weighted by molar-refractivity contribution is 9.10. The molecule has 1 N–H and O–H groups in total. The number of aldehydes is 1. The highest BCUT2D eigenvalue weighted by Gasteiger charge is 2.10. The summed E-state index contributed by atoms with van der Waals surface area (Å²) >= 11 is 9.05. The Morgan fingerprint density at radius 1 is 1.24 bits per heavy atom. The van der Waals surface area contributed by atoms with Gasteiger partial charge in [0.05, 0.1) is 10.0 Å². The number of benzene rings is 2. The molecule has 0 atom stereocenters. The lowest BCUT2D eigenvalue weighted by Gasteiger charge is -2.10. The van der Waals surface area contributed by atoms with Crippen molar-refractivity contribution in [3.05, 3.63) is 57.5 Å². The number of carbonyl (C=O) groups excluding carboxylic acids is 2. The maximum atomic E-state index is 11.8. The second-order valence-corrected chi connectivity index (χ2v) is 5.41. The van der Waals surface area contributed by atoms with Gasteiger partial charge in [-0.25, -0.2) is 0 Å². The van der Waals surface area contributed by atoms with Crippen molar-refractivity contribution in [1.29, 1.82) is 0 Å². The van der Waals surface area contributed by atoms with Crippen molar-refractivity contribution >= 4 is 45.4 Å². The molecule has 0 fully saturated rings. The molecule has 4 nitrogen and oxygen atoms in total. The topological polar surface area (TPSA) is 55.4 Å². The summed E-state index contributed by atoms with van der Waals surface area (Å²) in [7, 11) is 0. The van der Waals surface area contributed by atoms with E-state index in [0.29, 0.717) is 32.8 Å². The number of para-hydroxylation sites is 1. The Kier molecular flexibility index (Phi) is 5.36. The van der Waals surface area contributed by atoms with Gasteiger partial charge >= 0.3 is 0 Å². The van der Waals surface area contributed by atoms with Crippen LogP contribution in [0.1, 0.15) is 10.4 Å². The van der Waals surface area contributed by atoms with Crippen molar-refractivity contribution in [2.45, 2.75) is 0 Å². The predicted octanol–water partition coefficient (Wildman–Crippen LogP) is 3.93. The van der Waals surface area contributed by atoms with Gasteiger partial charge in [0.2, 0.25) is 0 Å².